The molecule has 0 spiro atoms. The van der Waals surface area contributed by atoms with E-state index in [2.05, 4.69) is 123 Å². The predicted molar refractivity (Wildman–Crippen MR) is 211 cm³/mol. The molecule has 0 unspecified atom stereocenters. The van der Waals surface area contributed by atoms with Crippen molar-refractivity contribution in [2.24, 2.45) is 0 Å². The molecule has 0 aliphatic rings. The fourth-order valence-electron chi connectivity index (χ4n) is 5.27. The highest BCUT2D eigenvalue weighted by molar-refractivity contribution is 5.85. The first kappa shape index (κ1) is 38.6. The van der Waals surface area contributed by atoms with Crippen LogP contribution >= 0.6 is 0 Å². The Hall–Kier alpha value is -6.20. The number of carbonyl (C=O) groups excluding carboxylic acids is 2. The van der Waals surface area contributed by atoms with Gasteiger partial charge in [0.15, 0.2) is 0 Å². The van der Waals surface area contributed by atoms with Crippen molar-refractivity contribution in [2.45, 2.75) is 65.2 Å². The molecule has 0 aromatic heterocycles. The quantitative estimate of drug-likeness (QED) is 0.0646. The molecule has 0 bridgehead atoms. The first-order valence-corrected chi connectivity index (χ1v) is 17.8. The Morgan fingerprint density at radius 2 is 0.962 bits per heavy atom. The molecule has 0 fully saturated rings. The minimum atomic E-state index is -0.387. The van der Waals surface area contributed by atoms with E-state index in [4.69, 9.17) is 9.47 Å². The van der Waals surface area contributed by atoms with Crippen LogP contribution in [0.4, 0.5) is 0 Å². The Balaban J connectivity index is 1.35. The summed E-state index contributed by atoms with van der Waals surface area (Å²) >= 11 is 0. The summed E-state index contributed by atoms with van der Waals surface area (Å²) in [7, 11) is 0. The summed E-state index contributed by atoms with van der Waals surface area (Å²) in [5, 5.41) is 2.24. The van der Waals surface area contributed by atoms with Crippen molar-refractivity contribution in [3.63, 3.8) is 0 Å². The van der Waals surface area contributed by atoms with Gasteiger partial charge in [-0.2, -0.15) is 0 Å². The van der Waals surface area contributed by atoms with Gasteiger partial charge in [0, 0.05) is 58.4 Å². The molecule has 0 heterocycles. The molecule has 4 heteroatoms. The fraction of sp³-hybridized carbons (Fsp3) is 0.250. The van der Waals surface area contributed by atoms with E-state index in [-0.39, 0.29) is 11.9 Å². The highest BCUT2D eigenvalue weighted by Crippen LogP contribution is 2.19. The summed E-state index contributed by atoms with van der Waals surface area (Å²) in [4.78, 5) is 22.2. The molecule has 4 aromatic carbocycles. The molecule has 0 atom stereocenters. The Labute approximate surface area is 309 Å². The minimum absolute atomic E-state index is 0.386. The predicted octanol–water partition coefficient (Wildman–Crippen LogP) is 9.27. The lowest BCUT2D eigenvalue weighted by Gasteiger charge is -2.04. The van der Waals surface area contributed by atoms with Crippen LogP contribution in [0, 0.1) is 47.4 Å². The Morgan fingerprint density at radius 3 is 1.46 bits per heavy atom. The molecule has 0 N–H and O–H groups in total. The van der Waals surface area contributed by atoms with E-state index in [9.17, 15) is 9.59 Å². The van der Waals surface area contributed by atoms with Crippen molar-refractivity contribution in [1.29, 1.82) is 0 Å². The molecule has 52 heavy (non-hydrogen) atoms. The lowest BCUT2D eigenvalue weighted by molar-refractivity contribution is -0.138. The van der Waals surface area contributed by atoms with Gasteiger partial charge < -0.3 is 9.47 Å². The number of rotatable bonds is 12. The summed E-state index contributed by atoms with van der Waals surface area (Å²) in [5.74, 6) is 25.6. The van der Waals surface area contributed by atoms with Gasteiger partial charge >= 0.3 is 11.9 Å². The smallest absolute Gasteiger partial charge is 0.330 e. The second-order valence-electron chi connectivity index (χ2n) is 12.0. The van der Waals surface area contributed by atoms with Crippen molar-refractivity contribution in [2.75, 3.05) is 13.2 Å². The summed E-state index contributed by atoms with van der Waals surface area (Å²) < 4.78 is 10.0. The van der Waals surface area contributed by atoms with Crippen molar-refractivity contribution in [3.05, 3.63) is 143 Å². The van der Waals surface area contributed by atoms with Gasteiger partial charge in [-0.15, -0.1) is 0 Å². The monoisotopic (exact) mass is 684 g/mol. The molecule has 4 nitrogen and oxygen atoms in total. The van der Waals surface area contributed by atoms with Crippen LogP contribution in [0.1, 0.15) is 96.9 Å². The number of esters is 2. The fourth-order valence-corrected chi connectivity index (χ4v) is 5.27. The molecular weight excluding hydrogens is 641 g/mol. The third-order valence-corrected chi connectivity index (χ3v) is 8.18. The SMILES string of the molecule is C=CC(=O)OCCCCC#Cc1ccc2cc(C#Cc3ccc(C#Cc4ccc(C#CCCCCOC(=O)C=C)c(CC)c4)c(CC)c3)ccc2c1. The zero-order valence-corrected chi connectivity index (χ0v) is 30.2. The topological polar surface area (TPSA) is 52.6 Å². The van der Waals surface area contributed by atoms with E-state index < -0.39 is 0 Å². The molecule has 0 aliphatic carbocycles. The third-order valence-electron chi connectivity index (χ3n) is 8.18. The highest BCUT2D eigenvalue weighted by Gasteiger charge is 2.03. The van der Waals surface area contributed by atoms with E-state index in [1.165, 1.54) is 23.3 Å². The maximum Gasteiger partial charge on any atom is 0.330 e. The van der Waals surface area contributed by atoms with Crippen LogP contribution in [-0.2, 0) is 31.9 Å². The van der Waals surface area contributed by atoms with Crippen molar-refractivity contribution < 1.29 is 19.1 Å². The number of fused-ring (bicyclic) bond motifs is 1. The molecule has 0 aliphatic heterocycles. The van der Waals surface area contributed by atoms with Crippen LogP contribution < -0.4 is 0 Å². The standard InChI is InChI=1S/C48H44O4/c1-5-41-34-40(21-26-43(41)18-14-10-12-16-32-52-48(50)8-4)23-28-44-27-22-38(33-42(44)6-2)19-20-39-25-30-45-35-37(24-29-46(45)36-39)17-13-9-11-15-31-51-47(49)7-3/h7-8,21-22,24-27,29-30,33-36H,3-6,9-12,15-16,31-32H2,1-2H3. The second kappa shape index (κ2) is 21.1. The van der Waals surface area contributed by atoms with Gasteiger partial charge in [0.2, 0.25) is 0 Å². The van der Waals surface area contributed by atoms with E-state index in [1.54, 1.807) is 0 Å². The van der Waals surface area contributed by atoms with Crippen LogP contribution in [0.2, 0.25) is 0 Å². The van der Waals surface area contributed by atoms with Crippen LogP contribution in [0.5, 0.6) is 0 Å². The number of unbranched alkanes of at least 4 members (excludes halogenated alkanes) is 4. The molecule has 0 saturated carbocycles. The van der Waals surface area contributed by atoms with Gasteiger partial charge in [-0.1, -0.05) is 86.5 Å². The Bertz CT molecular complexity index is 2170. The number of hydrogen-bond donors (Lipinski definition) is 0. The number of benzene rings is 4. The average molecular weight is 685 g/mol. The Morgan fingerprint density at radius 1 is 0.538 bits per heavy atom. The third kappa shape index (κ3) is 12.6. The lowest BCUT2D eigenvalue weighted by Crippen LogP contribution is -2.01. The number of aryl methyl sites for hydroxylation is 2. The highest BCUT2D eigenvalue weighted by atomic mass is 16.5. The largest absolute Gasteiger partial charge is 0.463 e. The maximum atomic E-state index is 11.1. The van der Waals surface area contributed by atoms with Gasteiger partial charge in [0.05, 0.1) is 13.2 Å². The summed E-state index contributed by atoms with van der Waals surface area (Å²) in [6.45, 7) is 11.8. The van der Waals surface area contributed by atoms with Crippen LogP contribution in [0.15, 0.2) is 98.1 Å². The number of carbonyl (C=O) groups is 2. The summed E-state index contributed by atoms with van der Waals surface area (Å²) in [6.07, 6.45) is 8.89. The molecule has 0 amide bonds. The second-order valence-corrected chi connectivity index (χ2v) is 12.0. The molecule has 0 radical (unpaired) electrons. The Kier molecular flexibility index (Phi) is 15.7. The van der Waals surface area contributed by atoms with Gasteiger partial charge in [0.1, 0.15) is 0 Å². The number of hydrogen-bond acceptors (Lipinski definition) is 4. The van der Waals surface area contributed by atoms with Crippen molar-refractivity contribution in [1.82, 2.24) is 0 Å². The normalized spacial score (nSPS) is 9.81. The first-order chi connectivity index (χ1) is 25.4. The lowest BCUT2D eigenvalue weighted by atomic mass is 10.00. The van der Waals surface area contributed by atoms with E-state index in [1.807, 2.05) is 24.3 Å². The summed E-state index contributed by atoms with van der Waals surface area (Å²) in [5.41, 5.74) is 8.23. The van der Waals surface area contributed by atoms with Gasteiger partial charge in [-0.3, -0.25) is 0 Å². The van der Waals surface area contributed by atoms with E-state index >= 15 is 0 Å². The van der Waals surface area contributed by atoms with Crippen molar-refractivity contribution in [3.8, 4) is 47.4 Å². The van der Waals surface area contributed by atoms with E-state index in [0.717, 1.165) is 95.5 Å². The minimum Gasteiger partial charge on any atom is -0.463 e. The van der Waals surface area contributed by atoms with Gasteiger partial charge in [0.25, 0.3) is 0 Å². The maximum absolute atomic E-state index is 11.1. The van der Waals surface area contributed by atoms with Gasteiger partial charge in [-0.05, 0) is 121 Å². The van der Waals surface area contributed by atoms with Gasteiger partial charge in [-0.25, -0.2) is 9.59 Å². The number of ether oxygens (including phenoxy) is 2. The molecular formula is C48H44O4. The van der Waals surface area contributed by atoms with Crippen LogP contribution in [0.3, 0.4) is 0 Å². The average Bonchev–Trinajstić information content (AvgIpc) is 3.18. The van der Waals surface area contributed by atoms with Crippen molar-refractivity contribution >= 4 is 22.7 Å². The van der Waals surface area contributed by atoms with Crippen LogP contribution in [-0.4, -0.2) is 25.2 Å². The molecule has 4 rings (SSSR count). The first-order valence-electron chi connectivity index (χ1n) is 17.8. The summed E-state index contributed by atoms with van der Waals surface area (Å²) in [6, 6.07) is 24.9. The molecule has 0 saturated heterocycles. The zero-order valence-electron chi connectivity index (χ0n) is 30.2. The van der Waals surface area contributed by atoms with E-state index in [0.29, 0.717) is 13.2 Å². The zero-order chi connectivity index (χ0) is 37.0. The molecule has 4 aromatic rings. The molecule has 260 valence electrons. The van der Waals surface area contributed by atoms with Crippen LogP contribution in [0.25, 0.3) is 10.8 Å².